The van der Waals surface area contributed by atoms with Crippen molar-refractivity contribution in [2.75, 3.05) is 13.1 Å². The Bertz CT molecular complexity index is 817. The molecule has 1 unspecified atom stereocenters. The van der Waals surface area contributed by atoms with Crippen LogP contribution in [0.2, 0.25) is 0 Å². The summed E-state index contributed by atoms with van der Waals surface area (Å²) in [4.78, 5) is 14.9. The minimum absolute atomic E-state index is 0.0382. The third kappa shape index (κ3) is 2.36. The highest BCUT2D eigenvalue weighted by molar-refractivity contribution is 9.10. The fourth-order valence-electron chi connectivity index (χ4n) is 3.48. The van der Waals surface area contributed by atoms with Crippen LogP contribution >= 0.6 is 15.9 Å². The molecule has 4 nitrogen and oxygen atoms in total. The molecule has 0 amide bonds. The van der Waals surface area contributed by atoms with Gasteiger partial charge in [-0.15, -0.1) is 0 Å². The number of rotatable bonds is 3. The lowest BCUT2D eigenvalue weighted by atomic mass is 9.93. The second kappa shape index (κ2) is 5.76. The minimum Gasteiger partial charge on any atom is -0.370 e. The van der Waals surface area contributed by atoms with Gasteiger partial charge in [0.05, 0.1) is 0 Å². The Labute approximate surface area is 148 Å². The average Bonchev–Trinajstić information content (AvgIpc) is 3.19. The number of nitrogens with one attached hydrogen (secondary N) is 1. The topological polar surface area (TPSA) is 52.6 Å². The number of Topliss-reactive ketones (excluding diaryl/α,β-unsaturated/α-hetero) is 1. The van der Waals surface area contributed by atoms with Crippen LogP contribution in [-0.2, 0) is 5.72 Å². The maximum Gasteiger partial charge on any atom is 0.192 e. The Morgan fingerprint density at radius 1 is 1.12 bits per heavy atom. The smallest absolute Gasteiger partial charge is 0.192 e. The van der Waals surface area contributed by atoms with Gasteiger partial charge in [-0.2, -0.15) is 0 Å². The molecule has 1 atom stereocenters. The maximum atomic E-state index is 13.0. The molecule has 4 rings (SSSR count). The quantitative estimate of drug-likeness (QED) is 0.798. The van der Waals surface area contributed by atoms with E-state index in [9.17, 15) is 9.90 Å². The van der Waals surface area contributed by atoms with E-state index >= 15 is 0 Å². The molecule has 2 N–H and O–H groups in total. The average molecular weight is 385 g/mol. The Kier molecular flexibility index (Phi) is 3.70. The zero-order valence-corrected chi connectivity index (χ0v) is 14.6. The summed E-state index contributed by atoms with van der Waals surface area (Å²) in [6.45, 7) is 1.40. The summed E-state index contributed by atoms with van der Waals surface area (Å²) in [7, 11) is 0. The number of ketones is 1. The van der Waals surface area contributed by atoms with E-state index in [0.29, 0.717) is 17.7 Å². The molecule has 0 saturated carbocycles. The van der Waals surface area contributed by atoms with Gasteiger partial charge in [-0.3, -0.25) is 4.79 Å². The van der Waals surface area contributed by atoms with E-state index in [0.717, 1.165) is 22.4 Å². The molecule has 0 aromatic heterocycles. The second-order valence-electron chi connectivity index (χ2n) is 6.10. The van der Waals surface area contributed by atoms with Gasteiger partial charge in [-0.1, -0.05) is 46.3 Å². The standard InChI is InChI=1S/C19H17BrN2O2/c20-15-8-6-13(7-9-15)17(23)16-12-19(24,14-4-2-1-3-5-14)22-11-10-21-18(16)22/h1-9,21,24H,10-12H2. The summed E-state index contributed by atoms with van der Waals surface area (Å²) in [5.74, 6) is 0.720. The van der Waals surface area contributed by atoms with Crippen molar-refractivity contribution in [3.63, 3.8) is 0 Å². The summed E-state index contributed by atoms with van der Waals surface area (Å²) in [5, 5.41) is 14.6. The number of fused-ring (bicyclic) bond motifs is 1. The highest BCUT2D eigenvalue weighted by Crippen LogP contribution is 2.44. The highest BCUT2D eigenvalue weighted by Gasteiger charge is 2.48. The normalized spacial score (nSPS) is 22.5. The van der Waals surface area contributed by atoms with Crippen LogP contribution in [0.3, 0.4) is 0 Å². The van der Waals surface area contributed by atoms with Crippen molar-refractivity contribution in [3.8, 4) is 0 Å². The molecule has 24 heavy (non-hydrogen) atoms. The Morgan fingerprint density at radius 2 is 1.83 bits per heavy atom. The van der Waals surface area contributed by atoms with Gasteiger partial charge in [0.1, 0.15) is 5.82 Å². The number of hydrogen-bond donors (Lipinski definition) is 2. The van der Waals surface area contributed by atoms with E-state index in [2.05, 4.69) is 21.2 Å². The molecule has 2 aromatic rings. The first-order valence-corrected chi connectivity index (χ1v) is 8.72. The fraction of sp³-hybridized carbons (Fsp3) is 0.211. The SMILES string of the molecule is O=C(C1=C2NCCN2C(O)(c2ccccc2)C1)c1ccc(Br)cc1. The molecule has 122 valence electrons. The Morgan fingerprint density at radius 3 is 2.54 bits per heavy atom. The molecule has 1 fully saturated rings. The van der Waals surface area contributed by atoms with Crippen LogP contribution in [0.1, 0.15) is 22.3 Å². The number of hydrogen-bond acceptors (Lipinski definition) is 4. The first-order chi connectivity index (χ1) is 11.6. The lowest BCUT2D eigenvalue weighted by Gasteiger charge is -2.33. The molecule has 2 aliphatic rings. The van der Waals surface area contributed by atoms with Gasteiger partial charge >= 0.3 is 0 Å². The van der Waals surface area contributed by atoms with E-state index in [-0.39, 0.29) is 12.2 Å². The molecule has 0 radical (unpaired) electrons. The number of halogens is 1. The molecule has 2 aliphatic heterocycles. The summed E-state index contributed by atoms with van der Waals surface area (Å²) in [5.41, 5.74) is 0.915. The minimum atomic E-state index is -1.17. The summed E-state index contributed by atoms with van der Waals surface area (Å²) >= 11 is 3.39. The van der Waals surface area contributed by atoms with E-state index in [1.165, 1.54) is 0 Å². The van der Waals surface area contributed by atoms with Crippen LogP contribution in [0.25, 0.3) is 0 Å². The van der Waals surface area contributed by atoms with Gasteiger partial charge in [0, 0.05) is 40.7 Å². The number of aliphatic hydroxyl groups is 1. The number of benzene rings is 2. The van der Waals surface area contributed by atoms with Gasteiger partial charge in [-0.25, -0.2) is 0 Å². The molecular formula is C19H17BrN2O2. The van der Waals surface area contributed by atoms with Crippen molar-refractivity contribution < 1.29 is 9.90 Å². The third-order valence-corrected chi connectivity index (χ3v) is 5.20. The summed E-state index contributed by atoms with van der Waals surface area (Å²) < 4.78 is 0.935. The van der Waals surface area contributed by atoms with Crippen LogP contribution in [0, 0.1) is 0 Å². The molecule has 1 saturated heterocycles. The van der Waals surface area contributed by atoms with E-state index in [1.807, 2.05) is 47.4 Å². The first kappa shape index (κ1) is 15.4. The van der Waals surface area contributed by atoms with Gasteiger partial charge in [-0.05, 0) is 24.3 Å². The van der Waals surface area contributed by atoms with E-state index in [1.54, 1.807) is 12.1 Å². The van der Waals surface area contributed by atoms with Crippen molar-refractivity contribution >= 4 is 21.7 Å². The fourth-order valence-corrected chi connectivity index (χ4v) is 3.75. The molecule has 2 aromatic carbocycles. The number of carbonyl (C=O) groups excluding carboxylic acids is 1. The zero-order chi connectivity index (χ0) is 16.7. The summed E-state index contributed by atoms with van der Waals surface area (Å²) in [6, 6.07) is 16.9. The van der Waals surface area contributed by atoms with Crippen molar-refractivity contribution in [2.24, 2.45) is 0 Å². The predicted molar refractivity (Wildman–Crippen MR) is 95.2 cm³/mol. The van der Waals surface area contributed by atoms with Crippen LogP contribution in [-0.4, -0.2) is 28.9 Å². The van der Waals surface area contributed by atoms with Crippen molar-refractivity contribution in [2.45, 2.75) is 12.1 Å². The highest BCUT2D eigenvalue weighted by atomic mass is 79.9. The van der Waals surface area contributed by atoms with Gasteiger partial charge in [0.2, 0.25) is 0 Å². The van der Waals surface area contributed by atoms with Gasteiger partial charge in [0.25, 0.3) is 0 Å². The largest absolute Gasteiger partial charge is 0.370 e. The third-order valence-electron chi connectivity index (χ3n) is 4.67. The van der Waals surface area contributed by atoms with E-state index < -0.39 is 5.72 Å². The lowest BCUT2D eigenvalue weighted by molar-refractivity contribution is -0.0744. The first-order valence-electron chi connectivity index (χ1n) is 7.92. The molecule has 0 bridgehead atoms. The Hall–Kier alpha value is -2.11. The monoisotopic (exact) mass is 384 g/mol. The van der Waals surface area contributed by atoms with E-state index in [4.69, 9.17) is 0 Å². The molecule has 2 heterocycles. The van der Waals surface area contributed by atoms with Crippen LogP contribution in [0.15, 0.2) is 70.5 Å². The number of nitrogens with zero attached hydrogens (tertiary/aromatic N) is 1. The maximum absolute atomic E-state index is 13.0. The predicted octanol–water partition coefficient (Wildman–Crippen LogP) is 3.00. The van der Waals surface area contributed by atoms with Crippen molar-refractivity contribution in [3.05, 3.63) is 81.6 Å². The summed E-state index contributed by atoms with van der Waals surface area (Å²) in [6.07, 6.45) is 0.286. The van der Waals surface area contributed by atoms with Crippen LogP contribution in [0.5, 0.6) is 0 Å². The Balaban J connectivity index is 1.73. The molecule has 0 aliphatic carbocycles. The van der Waals surface area contributed by atoms with Crippen molar-refractivity contribution in [1.29, 1.82) is 0 Å². The van der Waals surface area contributed by atoms with Crippen LogP contribution in [0.4, 0.5) is 0 Å². The van der Waals surface area contributed by atoms with Crippen LogP contribution < -0.4 is 5.32 Å². The molecule has 0 spiro atoms. The zero-order valence-electron chi connectivity index (χ0n) is 13.0. The number of carbonyl (C=O) groups is 1. The second-order valence-corrected chi connectivity index (χ2v) is 7.02. The molecule has 5 heteroatoms. The van der Waals surface area contributed by atoms with Gasteiger partial charge < -0.3 is 15.3 Å². The molecular weight excluding hydrogens is 368 g/mol. The van der Waals surface area contributed by atoms with Crippen molar-refractivity contribution in [1.82, 2.24) is 10.2 Å². The lowest BCUT2D eigenvalue weighted by Crippen LogP contribution is -2.40. The van der Waals surface area contributed by atoms with Gasteiger partial charge in [0.15, 0.2) is 11.5 Å².